The summed E-state index contributed by atoms with van der Waals surface area (Å²) >= 11 is 5.40. The molecule has 1 unspecified atom stereocenters. The van der Waals surface area contributed by atoms with Gasteiger partial charge in [0, 0.05) is 16.3 Å². The number of hydrogen-bond donors (Lipinski definition) is 1. The Labute approximate surface area is 109 Å². The molecular weight excluding hydrogens is 284 g/mol. The monoisotopic (exact) mass is 296 g/mol. The van der Waals surface area contributed by atoms with Crippen LogP contribution in [0.15, 0.2) is 22.7 Å². The van der Waals surface area contributed by atoms with E-state index in [4.69, 9.17) is 5.26 Å². The molecule has 0 bridgehead atoms. The van der Waals surface area contributed by atoms with E-state index in [1.807, 2.05) is 30.0 Å². The van der Waals surface area contributed by atoms with Crippen molar-refractivity contribution in [2.45, 2.75) is 18.1 Å². The molecule has 2 rings (SSSR count). The molecule has 1 saturated heterocycles. The van der Waals surface area contributed by atoms with E-state index in [-0.39, 0.29) is 0 Å². The summed E-state index contributed by atoms with van der Waals surface area (Å²) in [6, 6.07) is 7.99. The van der Waals surface area contributed by atoms with Gasteiger partial charge in [-0.3, -0.25) is 0 Å². The zero-order valence-electron chi connectivity index (χ0n) is 8.87. The van der Waals surface area contributed by atoms with Crippen LogP contribution in [0.25, 0.3) is 0 Å². The molecule has 1 atom stereocenters. The second kappa shape index (κ2) is 5.60. The van der Waals surface area contributed by atoms with E-state index >= 15 is 0 Å². The maximum Gasteiger partial charge on any atom is 0.101 e. The number of nitrogens with zero attached hydrogens (tertiary/aromatic N) is 1. The van der Waals surface area contributed by atoms with Crippen molar-refractivity contribution >= 4 is 33.4 Å². The summed E-state index contributed by atoms with van der Waals surface area (Å²) in [6.07, 6.45) is 2.61. The minimum absolute atomic E-state index is 0.704. The summed E-state index contributed by atoms with van der Waals surface area (Å²) in [6.45, 7) is 0.959. The van der Waals surface area contributed by atoms with Gasteiger partial charge in [0.05, 0.1) is 11.3 Å². The molecule has 1 aliphatic heterocycles. The van der Waals surface area contributed by atoms with Crippen molar-refractivity contribution in [2.75, 3.05) is 17.6 Å². The van der Waals surface area contributed by atoms with Crippen LogP contribution in [-0.2, 0) is 0 Å². The first-order valence-corrected chi connectivity index (χ1v) is 7.19. The Hall–Kier alpha value is -0.660. The van der Waals surface area contributed by atoms with Gasteiger partial charge in [-0.15, -0.1) is 0 Å². The number of hydrogen-bond acceptors (Lipinski definition) is 3. The van der Waals surface area contributed by atoms with E-state index in [0.29, 0.717) is 10.8 Å². The van der Waals surface area contributed by atoms with Gasteiger partial charge in [-0.2, -0.15) is 17.0 Å². The number of anilines is 1. The van der Waals surface area contributed by atoms with Gasteiger partial charge in [-0.05, 0) is 36.8 Å². The predicted octanol–water partition coefficient (Wildman–Crippen LogP) is 3.63. The SMILES string of the molecule is N#Cc1cc(Br)ccc1NCC1CCCS1. The number of halogens is 1. The molecule has 16 heavy (non-hydrogen) atoms. The Balaban J connectivity index is 2.00. The summed E-state index contributed by atoms with van der Waals surface area (Å²) in [7, 11) is 0. The molecule has 0 saturated carbocycles. The summed E-state index contributed by atoms with van der Waals surface area (Å²) in [5, 5.41) is 13.1. The molecular formula is C12H13BrN2S. The second-order valence-corrected chi connectivity index (χ2v) is 6.14. The van der Waals surface area contributed by atoms with Crippen LogP contribution in [0.4, 0.5) is 5.69 Å². The van der Waals surface area contributed by atoms with Crippen LogP contribution in [0.2, 0.25) is 0 Å². The number of rotatable bonds is 3. The zero-order chi connectivity index (χ0) is 11.4. The lowest BCUT2D eigenvalue weighted by atomic mass is 10.2. The lowest BCUT2D eigenvalue weighted by Gasteiger charge is -2.12. The molecule has 4 heteroatoms. The van der Waals surface area contributed by atoms with Crippen molar-refractivity contribution in [3.8, 4) is 6.07 Å². The third-order valence-electron chi connectivity index (χ3n) is 2.65. The van der Waals surface area contributed by atoms with Gasteiger partial charge in [-0.1, -0.05) is 15.9 Å². The van der Waals surface area contributed by atoms with E-state index < -0.39 is 0 Å². The molecule has 84 valence electrons. The van der Waals surface area contributed by atoms with Crippen molar-refractivity contribution in [3.63, 3.8) is 0 Å². The molecule has 0 amide bonds. The molecule has 1 N–H and O–H groups in total. The average Bonchev–Trinajstić information content (AvgIpc) is 2.80. The summed E-state index contributed by atoms with van der Waals surface area (Å²) in [5.41, 5.74) is 1.65. The maximum absolute atomic E-state index is 9.02. The van der Waals surface area contributed by atoms with Crippen molar-refractivity contribution in [1.29, 1.82) is 5.26 Å². The smallest absolute Gasteiger partial charge is 0.101 e. The Kier molecular flexibility index (Phi) is 4.14. The molecule has 0 aliphatic carbocycles. The van der Waals surface area contributed by atoms with E-state index in [0.717, 1.165) is 16.7 Å². The van der Waals surface area contributed by atoms with Gasteiger partial charge in [0.2, 0.25) is 0 Å². The minimum atomic E-state index is 0.704. The quantitative estimate of drug-likeness (QED) is 0.925. The highest BCUT2D eigenvalue weighted by molar-refractivity contribution is 9.10. The van der Waals surface area contributed by atoms with Gasteiger partial charge < -0.3 is 5.32 Å². The first-order chi connectivity index (χ1) is 7.79. The molecule has 1 aromatic rings. The molecule has 1 aliphatic rings. The fourth-order valence-corrected chi connectivity index (χ4v) is 3.35. The van der Waals surface area contributed by atoms with E-state index in [1.165, 1.54) is 18.6 Å². The number of nitrogens with one attached hydrogen (secondary N) is 1. The summed E-state index contributed by atoms with van der Waals surface area (Å²) in [4.78, 5) is 0. The summed E-state index contributed by atoms with van der Waals surface area (Å²) < 4.78 is 0.949. The normalized spacial score (nSPS) is 19.4. The highest BCUT2D eigenvalue weighted by Crippen LogP contribution is 2.27. The second-order valence-electron chi connectivity index (χ2n) is 3.82. The van der Waals surface area contributed by atoms with Crippen molar-refractivity contribution in [3.05, 3.63) is 28.2 Å². The van der Waals surface area contributed by atoms with Crippen LogP contribution < -0.4 is 5.32 Å². The van der Waals surface area contributed by atoms with Crippen LogP contribution in [0.5, 0.6) is 0 Å². The molecule has 1 fully saturated rings. The van der Waals surface area contributed by atoms with Gasteiger partial charge in [0.15, 0.2) is 0 Å². The molecule has 0 spiro atoms. The van der Waals surface area contributed by atoms with Crippen LogP contribution in [-0.4, -0.2) is 17.5 Å². The lowest BCUT2D eigenvalue weighted by molar-refractivity contribution is 0.805. The Morgan fingerprint density at radius 2 is 2.44 bits per heavy atom. The largest absolute Gasteiger partial charge is 0.383 e. The van der Waals surface area contributed by atoms with Crippen molar-refractivity contribution < 1.29 is 0 Å². The lowest BCUT2D eigenvalue weighted by Crippen LogP contribution is -2.14. The molecule has 1 heterocycles. The molecule has 0 radical (unpaired) electrons. The third-order valence-corrected chi connectivity index (χ3v) is 4.54. The number of nitriles is 1. The average molecular weight is 297 g/mol. The highest BCUT2D eigenvalue weighted by atomic mass is 79.9. The van der Waals surface area contributed by atoms with Gasteiger partial charge in [0.1, 0.15) is 6.07 Å². The van der Waals surface area contributed by atoms with Crippen LogP contribution in [0.1, 0.15) is 18.4 Å². The van der Waals surface area contributed by atoms with Gasteiger partial charge in [-0.25, -0.2) is 0 Å². The van der Waals surface area contributed by atoms with Crippen LogP contribution >= 0.6 is 27.7 Å². The Morgan fingerprint density at radius 3 is 3.12 bits per heavy atom. The van der Waals surface area contributed by atoms with E-state index in [9.17, 15) is 0 Å². The first-order valence-electron chi connectivity index (χ1n) is 5.35. The van der Waals surface area contributed by atoms with Crippen molar-refractivity contribution in [1.82, 2.24) is 0 Å². The number of benzene rings is 1. The standard InChI is InChI=1S/C12H13BrN2S/c13-10-3-4-12(9(6-10)7-14)15-8-11-2-1-5-16-11/h3-4,6,11,15H,1-2,5,8H2. The van der Waals surface area contributed by atoms with E-state index in [1.54, 1.807) is 0 Å². The fourth-order valence-electron chi connectivity index (χ4n) is 1.79. The molecule has 0 aromatic heterocycles. The maximum atomic E-state index is 9.02. The Morgan fingerprint density at radius 1 is 1.56 bits per heavy atom. The van der Waals surface area contributed by atoms with Crippen LogP contribution in [0, 0.1) is 11.3 Å². The minimum Gasteiger partial charge on any atom is -0.383 e. The van der Waals surface area contributed by atoms with E-state index in [2.05, 4.69) is 27.3 Å². The first kappa shape index (κ1) is 11.8. The van der Waals surface area contributed by atoms with Gasteiger partial charge >= 0.3 is 0 Å². The predicted molar refractivity (Wildman–Crippen MR) is 72.8 cm³/mol. The molecule has 1 aromatic carbocycles. The number of thioether (sulfide) groups is 1. The van der Waals surface area contributed by atoms with Gasteiger partial charge in [0.25, 0.3) is 0 Å². The molecule has 2 nitrogen and oxygen atoms in total. The fraction of sp³-hybridized carbons (Fsp3) is 0.417. The Bertz CT molecular complexity index is 408. The summed E-state index contributed by atoms with van der Waals surface area (Å²) in [5.74, 6) is 1.28. The van der Waals surface area contributed by atoms with Crippen LogP contribution in [0.3, 0.4) is 0 Å². The third kappa shape index (κ3) is 2.93. The van der Waals surface area contributed by atoms with Crippen molar-refractivity contribution in [2.24, 2.45) is 0 Å². The zero-order valence-corrected chi connectivity index (χ0v) is 11.3. The topological polar surface area (TPSA) is 35.8 Å². The highest BCUT2D eigenvalue weighted by Gasteiger charge is 2.15.